The first-order valence-corrected chi connectivity index (χ1v) is 5.14. The van der Waals surface area contributed by atoms with Crippen molar-refractivity contribution in [1.82, 2.24) is 4.98 Å². The third-order valence-electron chi connectivity index (χ3n) is 1.41. The summed E-state index contributed by atoms with van der Waals surface area (Å²) in [5.74, 6) is 1.78. The highest BCUT2D eigenvalue weighted by Crippen LogP contribution is 2.08. The van der Waals surface area contributed by atoms with Crippen LogP contribution in [0.15, 0.2) is 16.1 Å². The van der Waals surface area contributed by atoms with Crippen LogP contribution in [0.1, 0.15) is 25.4 Å². The Morgan fingerprint density at radius 2 is 2.42 bits per heavy atom. The van der Waals surface area contributed by atoms with Crippen LogP contribution in [0.5, 0.6) is 0 Å². The summed E-state index contributed by atoms with van der Waals surface area (Å²) in [6.45, 7) is 4.17. The second-order valence-electron chi connectivity index (χ2n) is 2.29. The van der Waals surface area contributed by atoms with Gasteiger partial charge in [-0.1, -0.05) is 13.8 Å². The number of hydrogen-bond acceptors (Lipinski definition) is 3. The van der Waals surface area contributed by atoms with E-state index in [-0.39, 0.29) is 0 Å². The third kappa shape index (κ3) is 2.74. The van der Waals surface area contributed by atoms with Crippen LogP contribution in [0.4, 0.5) is 0 Å². The van der Waals surface area contributed by atoms with Gasteiger partial charge in [-0.05, 0) is 17.6 Å². The van der Waals surface area contributed by atoms with Crippen LogP contribution in [0.3, 0.4) is 0 Å². The van der Waals surface area contributed by atoms with Crippen LogP contribution in [-0.2, 0) is 6.42 Å². The van der Waals surface area contributed by atoms with Gasteiger partial charge in [0, 0.05) is 6.08 Å². The maximum Gasteiger partial charge on any atom is 0.219 e. The molecule has 66 valence electrons. The normalized spacial score (nSPS) is 11.2. The van der Waals surface area contributed by atoms with Crippen LogP contribution >= 0.6 is 11.8 Å². The van der Waals surface area contributed by atoms with Crippen LogP contribution in [0.25, 0.3) is 6.08 Å². The minimum atomic E-state index is 0.702. The first-order chi connectivity index (χ1) is 5.86. The highest BCUT2D eigenvalue weighted by molar-refractivity contribution is 8.02. The molecule has 0 aromatic carbocycles. The molecule has 0 aliphatic rings. The summed E-state index contributed by atoms with van der Waals surface area (Å²) in [7, 11) is 0. The maximum absolute atomic E-state index is 5.19. The monoisotopic (exact) mass is 183 g/mol. The van der Waals surface area contributed by atoms with Crippen molar-refractivity contribution in [2.75, 3.05) is 5.75 Å². The van der Waals surface area contributed by atoms with Crippen LogP contribution in [0, 0.1) is 0 Å². The van der Waals surface area contributed by atoms with Gasteiger partial charge in [0.1, 0.15) is 6.26 Å². The zero-order chi connectivity index (χ0) is 8.81. The van der Waals surface area contributed by atoms with Gasteiger partial charge in [0.2, 0.25) is 5.89 Å². The molecule has 1 aromatic rings. The van der Waals surface area contributed by atoms with Gasteiger partial charge >= 0.3 is 0 Å². The largest absolute Gasteiger partial charge is 0.445 e. The molecule has 0 unspecified atom stereocenters. The van der Waals surface area contributed by atoms with Crippen molar-refractivity contribution in [2.45, 2.75) is 20.3 Å². The van der Waals surface area contributed by atoms with Crippen molar-refractivity contribution in [3.8, 4) is 0 Å². The van der Waals surface area contributed by atoms with Gasteiger partial charge in [-0.15, -0.1) is 11.8 Å². The fraction of sp³-hybridized carbons (Fsp3) is 0.444. The number of thioether (sulfide) groups is 1. The van der Waals surface area contributed by atoms with E-state index in [0.717, 1.165) is 17.9 Å². The van der Waals surface area contributed by atoms with Crippen molar-refractivity contribution in [1.29, 1.82) is 0 Å². The molecule has 2 nitrogen and oxygen atoms in total. The minimum absolute atomic E-state index is 0.702. The molecule has 0 amide bonds. The molecular weight excluding hydrogens is 170 g/mol. The number of hydrogen-bond donors (Lipinski definition) is 0. The predicted molar refractivity (Wildman–Crippen MR) is 53.0 cm³/mol. The lowest BCUT2D eigenvalue weighted by molar-refractivity contribution is 0.545. The number of oxazole rings is 1. The summed E-state index contributed by atoms with van der Waals surface area (Å²) in [5.41, 5.74) is 1.01. The molecule has 0 N–H and O–H groups in total. The Hall–Kier alpha value is -0.700. The van der Waals surface area contributed by atoms with E-state index in [4.69, 9.17) is 4.42 Å². The average molecular weight is 183 g/mol. The number of aryl methyl sites for hydroxylation is 1. The van der Waals surface area contributed by atoms with Crippen LogP contribution < -0.4 is 0 Å². The zero-order valence-corrected chi connectivity index (χ0v) is 8.23. The van der Waals surface area contributed by atoms with Crippen LogP contribution in [-0.4, -0.2) is 10.7 Å². The maximum atomic E-state index is 5.19. The Balaban J connectivity index is 2.51. The highest BCUT2D eigenvalue weighted by Gasteiger charge is 1.96. The molecule has 0 bridgehead atoms. The van der Waals surface area contributed by atoms with E-state index in [2.05, 4.69) is 18.8 Å². The molecule has 0 saturated carbocycles. The molecular formula is C9H13NOS. The second-order valence-corrected chi connectivity index (χ2v) is 3.47. The van der Waals surface area contributed by atoms with Gasteiger partial charge in [-0.2, -0.15) is 0 Å². The molecule has 1 aromatic heterocycles. The molecule has 0 saturated heterocycles. The van der Waals surface area contributed by atoms with E-state index in [1.54, 1.807) is 18.0 Å². The van der Waals surface area contributed by atoms with Gasteiger partial charge in [-0.3, -0.25) is 0 Å². The Morgan fingerprint density at radius 3 is 3.00 bits per heavy atom. The van der Waals surface area contributed by atoms with Crippen molar-refractivity contribution >= 4 is 17.8 Å². The minimum Gasteiger partial charge on any atom is -0.445 e. The molecule has 1 rings (SSSR count). The van der Waals surface area contributed by atoms with E-state index in [1.165, 1.54) is 0 Å². The van der Waals surface area contributed by atoms with Gasteiger partial charge in [0.25, 0.3) is 0 Å². The molecule has 3 heteroatoms. The fourth-order valence-corrected chi connectivity index (χ4v) is 1.17. The topological polar surface area (TPSA) is 26.0 Å². The molecule has 0 atom stereocenters. The predicted octanol–water partition coefficient (Wildman–Crippen LogP) is 2.96. The van der Waals surface area contributed by atoms with Crippen molar-refractivity contribution in [2.24, 2.45) is 0 Å². The van der Waals surface area contributed by atoms with E-state index in [1.807, 2.05) is 11.5 Å². The summed E-state index contributed by atoms with van der Waals surface area (Å²) >= 11 is 1.74. The Kier molecular flexibility index (Phi) is 3.94. The number of rotatable bonds is 4. The standard InChI is InChI=1S/C9H13NOS/c1-3-8-7-11-9(10-8)5-6-12-4-2/h5-7H,3-4H2,1-2H3. The summed E-state index contributed by atoms with van der Waals surface area (Å²) < 4.78 is 5.19. The van der Waals surface area contributed by atoms with E-state index in [0.29, 0.717) is 5.89 Å². The van der Waals surface area contributed by atoms with Crippen molar-refractivity contribution in [3.63, 3.8) is 0 Å². The summed E-state index contributed by atoms with van der Waals surface area (Å²) in [6, 6.07) is 0. The second kappa shape index (κ2) is 5.04. The molecule has 0 aliphatic heterocycles. The Labute approximate surface area is 77.1 Å². The first-order valence-electron chi connectivity index (χ1n) is 4.09. The molecule has 0 radical (unpaired) electrons. The molecule has 0 fully saturated rings. The molecule has 0 aliphatic carbocycles. The smallest absolute Gasteiger partial charge is 0.219 e. The van der Waals surface area contributed by atoms with Crippen molar-refractivity contribution in [3.05, 3.63) is 23.3 Å². The summed E-state index contributed by atoms with van der Waals surface area (Å²) in [5, 5.41) is 2.01. The average Bonchev–Trinajstić information content (AvgIpc) is 2.53. The van der Waals surface area contributed by atoms with E-state index < -0.39 is 0 Å². The highest BCUT2D eigenvalue weighted by atomic mass is 32.2. The van der Waals surface area contributed by atoms with E-state index >= 15 is 0 Å². The quantitative estimate of drug-likeness (QED) is 0.717. The van der Waals surface area contributed by atoms with E-state index in [9.17, 15) is 0 Å². The molecule has 12 heavy (non-hydrogen) atoms. The lowest BCUT2D eigenvalue weighted by Crippen LogP contribution is -1.77. The fourth-order valence-electron chi connectivity index (χ4n) is 0.764. The van der Waals surface area contributed by atoms with Crippen LogP contribution in [0.2, 0.25) is 0 Å². The Bertz CT molecular complexity index is 255. The Morgan fingerprint density at radius 1 is 1.58 bits per heavy atom. The van der Waals surface area contributed by atoms with Gasteiger partial charge in [0.15, 0.2) is 0 Å². The SMILES string of the molecule is CCSC=Cc1nc(CC)co1. The first kappa shape index (κ1) is 9.39. The number of nitrogens with zero attached hydrogens (tertiary/aromatic N) is 1. The lowest BCUT2D eigenvalue weighted by atomic mass is 10.4. The summed E-state index contributed by atoms with van der Waals surface area (Å²) in [6.07, 6.45) is 4.53. The van der Waals surface area contributed by atoms with Gasteiger partial charge in [0.05, 0.1) is 5.69 Å². The summed E-state index contributed by atoms with van der Waals surface area (Å²) in [4.78, 5) is 4.23. The van der Waals surface area contributed by atoms with Gasteiger partial charge < -0.3 is 4.42 Å². The molecule has 0 spiro atoms. The third-order valence-corrected chi connectivity index (χ3v) is 2.07. The van der Waals surface area contributed by atoms with Gasteiger partial charge in [-0.25, -0.2) is 4.98 Å². The molecule has 1 heterocycles. The zero-order valence-electron chi connectivity index (χ0n) is 7.41. The lowest BCUT2D eigenvalue weighted by Gasteiger charge is -1.83. The van der Waals surface area contributed by atoms with Crippen molar-refractivity contribution < 1.29 is 4.42 Å². The number of aromatic nitrogens is 1.